The van der Waals surface area contributed by atoms with Gasteiger partial charge >= 0.3 is 6.03 Å². The van der Waals surface area contributed by atoms with Gasteiger partial charge in [0.05, 0.1) is 6.10 Å². The number of rotatable bonds is 5. The third-order valence-corrected chi connectivity index (χ3v) is 5.45. The Morgan fingerprint density at radius 1 is 1.44 bits per heavy atom. The van der Waals surface area contributed by atoms with Gasteiger partial charge in [0.15, 0.2) is 0 Å². The molecule has 27 heavy (non-hydrogen) atoms. The van der Waals surface area contributed by atoms with Gasteiger partial charge in [0.25, 0.3) is 0 Å². The van der Waals surface area contributed by atoms with Gasteiger partial charge in [0.2, 0.25) is 0 Å². The first-order chi connectivity index (χ1) is 13.3. The van der Waals surface area contributed by atoms with Crippen molar-refractivity contribution in [3.63, 3.8) is 0 Å². The van der Waals surface area contributed by atoms with Crippen molar-refractivity contribution in [2.45, 2.75) is 45.3 Å². The number of fused-ring (bicyclic) bond motifs is 1. The van der Waals surface area contributed by atoms with E-state index in [0.29, 0.717) is 13.1 Å². The third-order valence-electron chi connectivity index (χ3n) is 5.45. The molecular weight excluding hydrogens is 340 g/mol. The second kappa shape index (κ2) is 8.13. The Hall–Kier alpha value is -2.34. The molecule has 2 amide bonds. The molecule has 0 bridgehead atoms. The Morgan fingerprint density at radius 3 is 3.11 bits per heavy atom. The zero-order valence-corrected chi connectivity index (χ0v) is 16.0. The van der Waals surface area contributed by atoms with Crippen molar-refractivity contribution in [1.29, 1.82) is 0 Å². The molecule has 0 aliphatic carbocycles. The summed E-state index contributed by atoms with van der Waals surface area (Å²) in [4.78, 5) is 18.9. The summed E-state index contributed by atoms with van der Waals surface area (Å²) in [5, 5.41) is 4.22. The van der Waals surface area contributed by atoms with Crippen LogP contribution in [0.5, 0.6) is 0 Å². The monoisotopic (exact) mass is 368 g/mol. The van der Waals surface area contributed by atoms with Gasteiger partial charge in [-0.2, -0.15) is 0 Å². The van der Waals surface area contributed by atoms with E-state index < -0.39 is 0 Å². The van der Waals surface area contributed by atoms with Crippen molar-refractivity contribution in [2.24, 2.45) is 0 Å². The van der Waals surface area contributed by atoms with Crippen LogP contribution in [0.2, 0.25) is 0 Å². The maximum absolute atomic E-state index is 12.4. The second-order valence-corrected chi connectivity index (χ2v) is 7.36. The number of ether oxygens (including phenoxy) is 1. The quantitative estimate of drug-likeness (QED) is 0.880. The molecule has 4 rings (SSSR count). The average molecular weight is 368 g/mol. The fourth-order valence-corrected chi connectivity index (χ4v) is 4.01. The SMILES string of the molecule is CCCn1cc(C2=CCN(C(=O)NCC3CCCO3)CC2)c2cccnc21. The average Bonchev–Trinajstić information content (AvgIpc) is 3.35. The van der Waals surface area contributed by atoms with Crippen LogP contribution in [-0.2, 0) is 11.3 Å². The van der Waals surface area contributed by atoms with E-state index in [1.807, 2.05) is 17.2 Å². The molecule has 0 aromatic carbocycles. The first-order valence-corrected chi connectivity index (χ1v) is 10.0. The van der Waals surface area contributed by atoms with E-state index in [4.69, 9.17) is 4.74 Å². The fourth-order valence-electron chi connectivity index (χ4n) is 4.01. The standard InChI is InChI=1S/C21H28N4O2/c1-2-10-25-15-19(18-6-3-9-22-20(18)25)16-7-11-24(12-8-16)21(26)23-14-17-5-4-13-27-17/h3,6-7,9,15,17H,2,4-5,8,10-14H2,1H3,(H,23,26). The summed E-state index contributed by atoms with van der Waals surface area (Å²) in [6.45, 7) is 5.97. The fraction of sp³-hybridized carbons (Fsp3) is 0.524. The highest BCUT2D eigenvalue weighted by atomic mass is 16.5. The highest BCUT2D eigenvalue weighted by Gasteiger charge is 2.22. The summed E-state index contributed by atoms with van der Waals surface area (Å²) in [6.07, 6.45) is 10.5. The van der Waals surface area contributed by atoms with Gasteiger partial charge < -0.3 is 19.5 Å². The van der Waals surface area contributed by atoms with Crippen molar-refractivity contribution in [3.8, 4) is 0 Å². The molecule has 1 fully saturated rings. The summed E-state index contributed by atoms with van der Waals surface area (Å²) >= 11 is 0. The molecule has 0 radical (unpaired) electrons. The lowest BCUT2D eigenvalue weighted by Gasteiger charge is -2.27. The highest BCUT2D eigenvalue weighted by molar-refractivity contribution is 5.91. The van der Waals surface area contributed by atoms with Gasteiger partial charge in [-0.05, 0) is 43.4 Å². The van der Waals surface area contributed by atoms with Crippen molar-refractivity contribution in [2.75, 3.05) is 26.2 Å². The summed E-state index contributed by atoms with van der Waals surface area (Å²) in [7, 11) is 0. The van der Waals surface area contributed by atoms with Crippen molar-refractivity contribution in [1.82, 2.24) is 19.8 Å². The predicted molar refractivity (Wildman–Crippen MR) is 107 cm³/mol. The largest absolute Gasteiger partial charge is 0.376 e. The molecule has 2 aliphatic heterocycles. The van der Waals surface area contributed by atoms with Crippen LogP contribution in [0, 0.1) is 0 Å². The lowest BCUT2D eigenvalue weighted by molar-refractivity contribution is 0.109. The topological polar surface area (TPSA) is 59.4 Å². The Labute approximate surface area is 160 Å². The lowest BCUT2D eigenvalue weighted by atomic mass is 10.00. The van der Waals surface area contributed by atoms with Crippen molar-refractivity contribution >= 4 is 22.6 Å². The Morgan fingerprint density at radius 2 is 2.37 bits per heavy atom. The van der Waals surface area contributed by atoms with Crippen LogP contribution in [0.25, 0.3) is 16.6 Å². The number of carbonyl (C=O) groups is 1. The summed E-state index contributed by atoms with van der Waals surface area (Å²) in [5.74, 6) is 0. The van der Waals surface area contributed by atoms with E-state index in [-0.39, 0.29) is 12.1 Å². The Balaban J connectivity index is 1.44. The molecular formula is C21H28N4O2. The molecule has 2 aromatic rings. The summed E-state index contributed by atoms with van der Waals surface area (Å²) in [5.41, 5.74) is 3.61. The van der Waals surface area contributed by atoms with Crippen LogP contribution in [0.4, 0.5) is 4.79 Å². The van der Waals surface area contributed by atoms with Crippen molar-refractivity contribution in [3.05, 3.63) is 36.2 Å². The van der Waals surface area contributed by atoms with Crippen LogP contribution in [-0.4, -0.2) is 52.8 Å². The number of amides is 2. The number of aryl methyl sites for hydroxylation is 1. The molecule has 1 atom stereocenters. The first-order valence-electron chi connectivity index (χ1n) is 10.0. The van der Waals surface area contributed by atoms with Crippen LogP contribution in [0.1, 0.15) is 38.2 Å². The Kier molecular flexibility index (Phi) is 5.43. The third kappa shape index (κ3) is 3.86. The normalized spacial score (nSPS) is 20.1. The van der Waals surface area contributed by atoms with Crippen LogP contribution >= 0.6 is 0 Å². The van der Waals surface area contributed by atoms with Gasteiger partial charge in [-0.15, -0.1) is 0 Å². The van der Waals surface area contributed by atoms with Crippen LogP contribution < -0.4 is 5.32 Å². The van der Waals surface area contributed by atoms with E-state index in [2.05, 4.69) is 40.1 Å². The van der Waals surface area contributed by atoms with E-state index in [0.717, 1.165) is 51.0 Å². The summed E-state index contributed by atoms with van der Waals surface area (Å²) in [6, 6.07) is 4.15. The van der Waals surface area contributed by atoms with Gasteiger partial charge in [-0.25, -0.2) is 9.78 Å². The smallest absolute Gasteiger partial charge is 0.317 e. The molecule has 0 saturated carbocycles. The maximum atomic E-state index is 12.4. The number of nitrogens with zero attached hydrogens (tertiary/aromatic N) is 3. The predicted octanol–water partition coefficient (Wildman–Crippen LogP) is 3.42. The van der Waals surface area contributed by atoms with E-state index in [1.54, 1.807) is 0 Å². The number of nitrogens with one attached hydrogen (secondary N) is 1. The summed E-state index contributed by atoms with van der Waals surface area (Å²) < 4.78 is 7.82. The van der Waals surface area contributed by atoms with E-state index >= 15 is 0 Å². The number of urea groups is 1. The minimum Gasteiger partial charge on any atom is -0.376 e. The van der Waals surface area contributed by atoms with E-state index in [1.165, 1.54) is 16.5 Å². The Bertz CT molecular complexity index is 836. The molecule has 2 aromatic heterocycles. The second-order valence-electron chi connectivity index (χ2n) is 7.36. The van der Waals surface area contributed by atoms with E-state index in [9.17, 15) is 4.79 Å². The number of hydrogen-bond donors (Lipinski definition) is 1. The minimum absolute atomic E-state index is 0.0101. The molecule has 1 N–H and O–H groups in total. The van der Waals surface area contributed by atoms with Crippen LogP contribution in [0.3, 0.4) is 0 Å². The maximum Gasteiger partial charge on any atom is 0.317 e. The molecule has 0 spiro atoms. The molecule has 1 saturated heterocycles. The lowest BCUT2D eigenvalue weighted by Crippen LogP contribution is -2.44. The highest BCUT2D eigenvalue weighted by Crippen LogP contribution is 2.30. The van der Waals surface area contributed by atoms with Gasteiger partial charge in [0.1, 0.15) is 5.65 Å². The number of hydrogen-bond acceptors (Lipinski definition) is 3. The van der Waals surface area contributed by atoms with Gasteiger partial charge in [0, 0.05) is 56.1 Å². The molecule has 6 nitrogen and oxygen atoms in total. The molecule has 4 heterocycles. The minimum atomic E-state index is 0.0101. The van der Waals surface area contributed by atoms with Gasteiger partial charge in [-0.3, -0.25) is 0 Å². The number of aromatic nitrogens is 2. The number of pyridine rings is 1. The zero-order chi connectivity index (χ0) is 18.6. The molecule has 2 aliphatic rings. The molecule has 1 unspecified atom stereocenters. The zero-order valence-electron chi connectivity index (χ0n) is 16.0. The molecule has 6 heteroatoms. The van der Waals surface area contributed by atoms with Crippen LogP contribution in [0.15, 0.2) is 30.6 Å². The van der Waals surface area contributed by atoms with Gasteiger partial charge in [-0.1, -0.05) is 13.0 Å². The van der Waals surface area contributed by atoms with Crippen molar-refractivity contribution < 1.29 is 9.53 Å². The molecule has 144 valence electrons. The number of carbonyl (C=O) groups excluding carboxylic acids is 1. The first kappa shape index (κ1) is 18.0.